The molecule has 7 heteroatoms. The van der Waals surface area contributed by atoms with Crippen molar-refractivity contribution in [2.75, 3.05) is 47.1 Å². The van der Waals surface area contributed by atoms with Crippen molar-refractivity contribution >= 4 is 29.9 Å². The quantitative estimate of drug-likeness (QED) is 0.248. The Kier molecular flexibility index (Phi) is 11.6. The SMILES string of the molecule is CN=C(NCCOCC1CCCO1)NCCc1cc(C)ccc1OC.I. The van der Waals surface area contributed by atoms with E-state index in [9.17, 15) is 0 Å². The van der Waals surface area contributed by atoms with Crippen molar-refractivity contribution in [1.82, 2.24) is 10.6 Å². The molecule has 26 heavy (non-hydrogen) atoms. The third-order valence-electron chi connectivity index (χ3n) is 4.21. The van der Waals surface area contributed by atoms with Gasteiger partial charge >= 0.3 is 0 Å². The largest absolute Gasteiger partial charge is 0.496 e. The highest BCUT2D eigenvalue weighted by Gasteiger charge is 2.14. The van der Waals surface area contributed by atoms with E-state index in [1.165, 1.54) is 11.1 Å². The molecule has 0 aliphatic carbocycles. The summed E-state index contributed by atoms with van der Waals surface area (Å²) in [6, 6.07) is 6.24. The average molecular weight is 477 g/mol. The fourth-order valence-electron chi connectivity index (χ4n) is 2.87. The fourth-order valence-corrected chi connectivity index (χ4v) is 2.87. The third-order valence-corrected chi connectivity index (χ3v) is 4.21. The standard InChI is InChI=1S/C19H31N3O3.HI/c1-15-6-7-18(23-3)16(13-15)8-9-21-19(20-2)22-10-12-24-14-17-5-4-11-25-17;/h6-7,13,17H,4-5,8-12,14H2,1-3H3,(H2,20,21,22);1H. The molecule has 2 N–H and O–H groups in total. The highest BCUT2D eigenvalue weighted by molar-refractivity contribution is 14.0. The number of aliphatic imine (C=N–C) groups is 1. The molecule has 0 spiro atoms. The number of halogens is 1. The monoisotopic (exact) mass is 477 g/mol. The molecule has 1 saturated heterocycles. The van der Waals surface area contributed by atoms with E-state index in [1.807, 2.05) is 6.07 Å². The Morgan fingerprint density at radius 3 is 2.81 bits per heavy atom. The van der Waals surface area contributed by atoms with Gasteiger partial charge in [0.15, 0.2) is 5.96 Å². The second-order valence-electron chi connectivity index (χ2n) is 6.20. The van der Waals surface area contributed by atoms with Crippen LogP contribution in [0.3, 0.4) is 0 Å². The van der Waals surface area contributed by atoms with Crippen molar-refractivity contribution < 1.29 is 14.2 Å². The molecule has 1 aliphatic rings. The van der Waals surface area contributed by atoms with Gasteiger partial charge < -0.3 is 24.8 Å². The van der Waals surface area contributed by atoms with Crippen molar-refractivity contribution in [3.63, 3.8) is 0 Å². The van der Waals surface area contributed by atoms with E-state index in [2.05, 4.69) is 34.7 Å². The summed E-state index contributed by atoms with van der Waals surface area (Å²) in [6.45, 7) is 5.80. The lowest BCUT2D eigenvalue weighted by molar-refractivity contribution is 0.0191. The highest BCUT2D eigenvalue weighted by atomic mass is 127. The molecule has 1 aliphatic heterocycles. The molecule has 0 aromatic heterocycles. The van der Waals surface area contributed by atoms with E-state index in [4.69, 9.17) is 14.2 Å². The number of nitrogens with zero attached hydrogens (tertiary/aromatic N) is 1. The summed E-state index contributed by atoms with van der Waals surface area (Å²) < 4.78 is 16.6. The lowest BCUT2D eigenvalue weighted by Gasteiger charge is -2.14. The van der Waals surface area contributed by atoms with Gasteiger partial charge in [0.1, 0.15) is 5.75 Å². The summed E-state index contributed by atoms with van der Waals surface area (Å²) >= 11 is 0. The molecule has 0 saturated carbocycles. The first-order valence-corrected chi connectivity index (χ1v) is 9.00. The maximum absolute atomic E-state index is 5.64. The minimum atomic E-state index is 0. The molecular formula is C19H32IN3O3. The first kappa shape index (κ1) is 23.0. The second kappa shape index (κ2) is 13.2. The molecule has 1 unspecified atom stereocenters. The highest BCUT2D eigenvalue weighted by Crippen LogP contribution is 2.19. The van der Waals surface area contributed by atoms with Gasteiger partial charge in [0.25, 0.3) is 0 Å². The fraction of sp³-hybridized carbons (Fsp3) is 0.632. The number of benzene rings is 1. The number of guanidine groups is 1. The molecule has 148 valence electrons. The lowest BCUT2D eigenvalue weighted by Crippen LogP contribution is -2.40. The van der Waals surface area contributed by atoms with E-state index in [0.717, 1.165) is 50.7 Å². The second-order valence-corrected chi connectivity index (χ2v) is 6.20. The predicted octanol–water partition coefficient (Wildman–Crippen LogP) is 2.52. The van der Waals surface area contributed by atoms with Crippen LogP contribution in [-0.4, -0.2) is 59.1 Å². The van der Waals surface area contributed by atoms with Gasteiger partial charge in [-0.1, -0.05) is 17.7 Å². The smallest absolute Gasteiger partial charge is 0.191 e. The van der Waals surface area contributed by atoms with Gasteiger partial charge in [-0.05, 0) is 37.8 Å². The van der Waals surface area contributed by atoms with E-state index in [0.29, 0.717) is 13.2 Å². The molecule has 0 radical (unpaired) electrons. The van der Waals surface area contributed by atoms with Gasteiger partial charge in [-0.2, -0.15) is 0 Å². The Labute approximate surface area is 174 Å². The first-order chi connectivity index (χ1) is 12.2. The van der Waals surface area contributed by atoms with E-state index in [1.54, 1.807) is 14.2 Å². The zero-order chi connectivity index (χ0) is 17.9. The molecule has 6 nitrogen and oxygen atoms in total. The first-order valence-electron chi connectivity index (χ1n) is 9.00. The number of hydrogen-bond acceptors (Lipinski definition) is 4. The number of aryl methyl sites for hydroxylation is 1. The maximum Gasteiger partial charge on any atom is 0.191 e. The summed E-state index contributed by atoms with van der Waals surface area (Å²) in [6.07, 6.45) is 3.41. The predicted molar refractivity (Wildman–Crippen MR) is 116 cm³/mol. The molecule has 1 heterocycles. The lowest BCUT2D eigenvalue weighted by atomic mass is 10.1. The van der Waals surface area contributed by atoms with Crippen molar-refractivity contribution in [2.45, 2.75) is 32.3 Å². The molecule has 1 fully saturated rings. The van der Waals surface area contributed by atoms with Crippen LogP contribution in [0.25, 0.3) is 0 Å². The van der Waals surface area contributed by atoms with Crippen LogP contribution in [0, 0.1) is 6.92 Å². The van der Waals surface area contributed by atoms with Crippen LogP contribution in [0.15, 0.2) is 23.2 Å². The van der Waals surface area contributed by atoms with E-state index in [-0.39, 0.29) is 30.1 Å². The van der Waals surface area contributed by atoms with Gasteiger partial charge in [-0.3, -0.25) is 4.99 Å². The van der Waals surface area contributed by atoms with Crippen molar-refractivity contribution in [1.29, 1.82) is 0 Å². The minimum absolute atomic E-state index is 0. The molecule has 1 atom stereocenters. The summed E-state index contributed by atoms with van der Waals surface area (Å²) in [5.74, 6) is 1.71. The number of rotatable bonds is 9. The summed E-state index contributed by atoms with van der Waals surface area (Å²) in [4.78, 5) is 4.24. The van der Waals surface area contributed by atoms with Crippen LogP contribution in [0.4, 0.5) is 0 Å². The Balaban J connectivity index is 0.00000338. The van der Waals surface area contributed by atoms with Crippen LogP contribution in [-0.2, 0) is 15.9 Å². The van der Waals surface area contributed by atoms with Crippen LogP contribution < -0.4 is 15.4 Å². The molecule has 1 aromatic carbocycles. The zero-order valence-corrected chi connectivity index (χ0v) is 18.4. The molecule has 1 aromatic rings. The molecular weight excluding hydrogens is 445 g/mol. The third kappa shape index (κ3) is 8.09. The molecule has 0 bridgehead atoms. The maximum atomic E-state index is 5.64. The van der Waals surface area contributed by atoms with E-state index >= 15 is 0 Å². The van der Waals surface area contributed by atoms with Gasteiger partial charge in [-0.15, -0.1) is 24.0 Å². The van der Waals surface area contributed by atoms with Crippen molar-refractivity contribution in [3.05, 3.63) is 29.3 Å². The molecule has 0 amide bonds. The van der Waals surface area contributed by atoms with Gasteiger partial charge in [0.2, 0.25) is 0 Å². The topological polar surface area (TPSA) is 64.1 Å². The Bertz CT molecular complexity index is 549. The molecule has 2 rings (SSSR count). The van der Waals surface area contributed by atoms with Gasteiger partial charge in [0.05, 0.1) is 26.4 Å². The Morgan fingerprint density at radius 1 is 1.31 bits per heavy atom. The Hall–Kier alpha value is -1.06. The minimum Gasteiger partial charge on any atom is -0.496 e. The van der Waals surface area contributed by atoms with Crippen LogP contribution >= 0.6 is 24.0 Å². The zero-order valence-electron chi connectivity index (χ0n) is 16.0. The number of ether oxygens (including phenoxy) is 3. The number of hydrogen-bond donors (Lipinski definition) is 2. The van der Waals surface area contributed by atoms with Gasteiger partial charge in [-0.25, -0.2) is 0 Å². The summed E-state index contributed by atoms with van der Waals surface area (Å²) in [5.41, 5.74) is 2.44. The average Bonchev–Trinajstić information content (AvgIpc) is 3.13. The van der Waals surface area contributed by atoms with Gasteiger partial charge in [0, 0.05) is 26.7 Å². The summed E-state index contributed by atoms with van der Waals surface area (Å²) in [7, 11) is 3.48. The summed E-state index contributed by atoms with van der Waals surface area (Å²) in [5, 5.41) is 6.59. The normalized spacial score (nSPS) is 16.9. The van der Waals surface area contributed by atoms with Crippen LogP contribution in [0.5, 0.6) is 5.75 Å². The van der Waals surface area contributed by atoms with Crippen molar-refractivity contribution in [3.8, 4) is 5.75 Å². The Morgan fingerprint density at radius 2 is 2.12 bits per heavy atom. The van der Waals surface area contributed by atoms with Crippen molar-refractivity contribution in [2.24, 2.45) is 4.99 Å². The van der Waals surface area contributed by atoms with Crippen LogP contribution in [0.2, 0.25) is 0 Å². The number of methoxy groups -OCH3 is 1. The van der Waals surface area contributed by atoms with E-state index < -0.39 is 0 Å². The number of nitrogens with one attached hydrogen (secondary N) is 2. The van der Waals surface area contributed by atoms with Crippen LogP contribution in [0.1, 0.15) is 24.0 Å².